The zero-order valence-corrected chi connectivity index (χ0v) is 18.0. The van der Waals surface area contributed by atoms with Crippen molar-refractivity contribution < 1.29 is 36.6 Å². The number of methoxy groups -OCH3 is 1. The van der Waals surface area contributed by atoms with Crippen LogP contribution in [0.5, 0.6) is 0 Å². The molecule has 0 spiro atoms. The van der Waals surface area contributed by atoms with Gasteiger partial charge in [0.25, 0.3) is 0 Å². The molecule has 5 nitrogen and oxygen atoms in total. The smallest absolute Gasteiger partial charge is 0.433 e. The molecule has 0 unspecified atom stereocenters. The van der Waals surface area contributed by atoms with Crippen LogP contribution in [0.15, 0.2) is 60.8 Å². The Balaban J connectivity index is 1.64. The van der Waals surface area contributed by atoms with Crippen molar-refractivity contribution in [3.63, 3.8) is 0 Å². The molecule has 0 radical (unpaired) electrons. The van der Waals surface area contributed by atoms with E-state index in [1.54, 1.807) is 36.4 Å². The van der Waals surface area contributed by atoms with Gasteiger partial charge in [-0.3, -0.25) is 9.78 Å². The predicted octanol–water partition coefficient (Wildman–Crippen LogP) is 4.77. The predicted molar refractivity (Wildman–Crippen MR) is 114 cm³/mol. The molecule has 1 fully saturated rings. The van der Waals surface area contributed by atoms with Gasteiger partial charge in [0.1, 0.15) is 16.9 Å². The van der Waals surface area contributed by atoms with Crippen LogP contribution in [0.3, 0.4) is 0 Å². The summed E-state index contributed by atoms with van der Waals surface area (Å²) in [5.41, 5.74) is -0.398. The lowest BCUT2D eigenvalue weighted by Gasteiger charge is -2.40. The topological polar surface area (TPSA) is 65.5 Å². The lowest BCUT2D eigenvalue weighted by molar-refractivity contribution is -0.142. The molecule has 3 aromatic rings. The Morgan fingerprint density at radius 3 is 2.24 bits per heavy atom. The maximum atomic E-state index is 13.2. The summed E-state index contributed by atoms with van der Waals surface area (Å²) in [6.07, 6.45) is -3.64. The molecule has 1 aliphatic rings. The number of aromatic nitrogens is 1. The Morgan fingerprint density at radius 2 is 1.71 bits per heavy atom. The van der Waals surface area contributed by atoms with E-state index in [9.17, 15) is 27.2 Å². The van der Waals surface area contributed by atoms with Crippen molar-refractivity contribution in [1.82, 2.24) is 4.98 Å². The Kier molecular flexibility index (Phi) is 6.22. The van der Waals surface area contributed by atoms with E-state index in [1.807, 2.05) is 0 Å². The SMILES string of the molecule is COC(=O)c1cc(C(F)(F)F)ncc1-c1ccc(C2(C(=O)Cc3ccc(F)cc3)COC2)cc1. The third kappa shape index (κ3) is 4.43. The van der Waals surface area contributed by atoms with Gasteiger partial charge in [-0.2, -0.15) is 13.2 Å². The lowest BCUT2D eigenvalue weighted by atomic mass is 9.73. The minimum Gasteiger partial charge on any atom is -0.465 e. The molecular weight excluding hydrogens is 454 g/mol. The van der Waals surface area contributed by atoms with Gasteiger partial charge in [0.2, 0.25) is 0 Å². The van der Waals surface area contributed by atoms with Gasteiger partial charge in [0.05, 0.1) is 25.9 Å². The highest BCUT2D eigenvalue weighted by molar-refractivity contribution is 5.97. The van der Waals surface area contributed by atoms with E-state index in [2.05, 4.69) is 9.72 Å². The zero-order chi connectivity index (χ0) is 24.5. The molecule has 4 rings (SSSR count). The van der Waals surface area contributed by atoms with Crippen molar-refractivity contribution in [3.8, 4) is 11.1 Å². The number of esters is 1. The van der Waals surface area contributed by atoms with Crippen LogP contribution in [-0.2, 0) is 32.3 Å². The molecule has 0 amide bonds. The van der Waals surface area contributed by atoms with Crippen LogP contribution in [0.1, 0.15) is 27.2 Å². The number of carbonyl (C=O) groups is 2. The van der Waals surface area contributed by atoms with Gasteiger partial charge < -0.3 is 9.47 Å². The number of ketones is 1. The number of pyridine rings is 1. The number of ether oxygens (including phenoxy) is 2. The van der Waals surface area contributed by atoms with Gasteiger partial charge in [0, 0.05) is 18.2 Å². The fourth-order valence-corrected chi connectivity index (χ4v) is 3.84. The molecular formula is C25H19F4NO4. The quantitative estimate of drug-likeness (QED) is 0.381. The van der Waals surface area contributed by atoms with Crippen LogP contribution in [0.4, 0.5) is 17.6 Å². The molecule has 2 heterocycles. The number of benzene rings is 2. The van der Waals surface area contributed by atoms with E-state index >= 15 is 0 Å². The van der Waals surface area contributed by atoms with Crippen molar-refractivity contribution in [2.45, 2.75) is 18.0 Å². The number of alkyl halides is 3. The number of hydrogen-bond donors (Lipinski definition) is 0. The molecule has 1 aliphatic heterocycles. The van der Waals surface area contributed by atoms with Crippen LogP contribution < -0.4 is 0 Å². The van der Waals surface area contributed by atoms with Gasteiger partial charge >= 0.3 is 12.1 Å². The monoisotopic (exact) mass is 473 g/mol. The molecule has 0 saturated carbocycles. The average Bonchev–Trinajstić information content (AvgIpc) is 2.79. The summed E-state index contributed by atoms with van der Waals surface area (Å²) in [5.74, 6) is -1.41. The number of carbonyl (C=O) groups excluding carboxylic acids is 2. The number of nitrogens with zero attached hydrogens (tertiary/aromatic N) is 1. The fraction of sp³-hybridized carbons (Fsp3) is 0.240. The van der Waals surface area contributed by atoms with Crippen molar-refractivity contribution in [3.05, 3.63) is 89.0 Å². The molecule has 9 heteroatoms. The van der Waals surface area contributed by atoms with Crippen LogP contribution in [0.25, 0.3) is 11.1 Å². The Bertz CT molecular complexity index is 1220. The van der Waals surface area contributed by atoms with Crippen molar-refractivity contribution in [1.29, 1.82) is 0 Å². The third-order valence-electron chi connectivity index (χ3n) is 5.86. The summed E-state index contributed by atoms with van der Waals surface area (Å²) in [6, 6.07) is 12.9. The van der Waals surface area contributed by atoms with Crippen LogP contribution >= 0.6 is 0 Å². The van der Waals surface area contributed by atoms with Gasteiger partial charge in [-0.05, 0) is 34.9 Å². The summed E-state index contributed by atoms with van der Waals surface area (Å²) in [4.78, 5) is 28.7. The standard InChI is InChI=1S/C25H19F4NO4/c1-33-23(32)19-11-21(25(27,28)29)30-12-20(19)16-4-6-17(7-5-16)24(13-34-14-24)22(31)10-15-2-8-18(26)9-3-15/h2-9,11-12H,10,13-14H2,1H3. The first-order chi connectivity index (χ1) is 16.1. The third-order valence-corrected chi connectivity index (χ3v) is 5.86. The number of Topliss-reactive ketones (excluding diaryl/α,β-unsaturated/α-hetero) is 1. The van der Waals surface area contributed by atoms with E-state index in [-0.39, 0.29) is 36.5 Å². The van der Waals surface area contributed by atoms with E-state index in [1.165, 1.54) is 12.1 Å². The fourth-order valence-electron chi connectivity index (χ4n) is 3.84. The highest BCUT2D eigenvalue weighted by Crippen LogP contribution is 2.37. The van der Waals surface area contributed by atoms with Crippen LogP contribution in [0.2, 0.25) is 0 Å². The van der Waals surface area contributed by atoms with Gasteiger partial charge in [-0.1, -0.05) is 36.4 Å². The molecule has 1 aromatic heterocycles. The second-order valence-electron chi connectivity index (χ2n) is 7.98. The average molecular weight is 473 g/mol. The Labute approximate surface area is 192 Å². The molecule has 0 atom stereocenters. The van der Waals surface area contributed by atoms with E-state index < -0.39 is 29.1 Å². The minimum atomic E-state index is -4.72. The summed E-state index contributed by atoms with van der Waals surface area (Å²) >= 11 is 0. The van der Waals surface area contributed by atoms with Crippen molar-refractivity contribution in [2.75, 3.05) is 20.3 Å². The van der Waals surface area contributed by atoms with Gasteiger partial charge in [-0.15, -0.1) is 0 Å². The van der Waals surface area contributed by atoms with Crippen molar-refractivity contribution in [2.24, 2.45) is 0 Å². The molecule has 34 heavy (non-hydrogen) atoms. The lowest BCUT2D eigenvalue weighted by Crippen LogP contribution is -2.53. The number of halogens is 4. The first-order valence-electron chi connectivity index (χ1n) is 10.3. The first kappa shape index (κ1) is 23.6. The molecule has 2 aromatic carbocycles. The normalized spacial score (nSPS) is 14.9. The zero-order valence-electron chi connectivity index (χ0n) is 18.0. The summed E-state index contributed by atoms with van der Waals surface area (Å²) in [6.45, 7) is 0.364. The van der Waals surface area contributed by atoms with E-state index in [4.69, 9.17) is 4.74 Å². The second-order valence-corrected chi connectivity index (χ2v) is 7.98. The maximum Gasteiger partial charge on any atom is 0.433 e. The number of hydrogen-bond acceptors (Lipinski definition) is 5. The number of rotatable bonds is 6. The molecule has 0 aliphatic carbocycles. The molecule has 176 valence electrons. The highest BCUT2D eigenvalue weighted by atomic mass is 19.4. The molecule has 0 bridgehead atoms. The van der Waals surface area contributed by atoms with Crippen molar-refractivity contribution >= 4 is 11.8 Å². The first-order valence-corrected chi connectivity index (χ1v) is 10.3. The molecule has 1 saturated heterocycles. The summed E-state index contributed by atoms with van der Waals surface area (Å²) in [7, 11) is 1.08. The maximum absolute atomic E-state index is 13.2. The minimum absolute atomic E-state index is 0.0930. The van der Waals surface area contributed by atoms with Gasteiger partial charge in [0.15, 0.2) is 5.78 Å². The van der Waals surface area contributed by atoms with E-state index in [0.717, 1.165) is 13.3 Å². The van der Waals surface area contributed by atoms with Crippen LogP contribution in [0, 0.1) is 5.82 Å². The summed E-state index contributed by atoms with van der Waals surface area (Å²) in [5, 5.41) is 0. The summed E-state index contributed by atoms with van der Waals surface area (Å²) < 4.78 is 62.4. The van der Waals surface area contributed by atoms with Crippen LogP contribution in [-0.4, -0.2) is 37.1 Å². The van der Waals surface area contributed by atoms with E-state index in [0.29, 0.717) is 22.8 Å². The van der Waals surface area contributed by atoms with Gasteiger partial charge in [-0.25, -0.2) is 9.18 Å². The second kappa shape index (κ2) is 8.98. The highest BCUT2D eigenvalue weighted by Gasteiger charge is 2.46. The molecule has 0 N–H and O–H groups in total. The largest absolute Gasteiger partial charge is 0.465 e. The Hall–Kier alpha value is -3.59. The Morgan fingerprint density at radius 1 is 1.06 bits per heavy atom.